The van der Waals surface area contributed by atoms with E-state index in [4.69, 9.17) is 0 Å². The molecule has 6 heteroatoms. The molecule has 0 unspecified atom stereocenters. The topological polar surface area (TPSA) is 69.7 Å². The fourth-order valence-corrected chi connectivity index (χ4v) is 3.93. The van der Waals surface area contributed by atoms with Crippen molar-refractivity contribution in [2.45, 2.75) is 50.6 Å². The highest BCUT2D eigenvalue weighted by Crippen LogP contribution is 2.39. The van der Waals surface area contributed by atoms with Gasteiger partial charge in [0.1, 0.15) is 12.1 Å². The first-order chi connectivity index (χ1) is 12.0. The van der Waals surface area contributed by atoms with Crippen molar-refractivity contribution in [2.75, 3.05) is 13.6 Å². The van der Waals surface area contributed by atoms with Crippen molar-refractivity contribution in [2.24, 2.45) is 0 Å². The Bertz CT molecular complexity index is 668. The van der Waals surface area contributed by atoms with Crippen LogP contribution in [0.4, 0.5) is 4.79 Å². The molecule has 1 N–H and O–H groups in total. The van der Waals surface area contributed by atoms with E-state index in [1.54, 1.807) is 11.9 Å². The van der Waals surface area contributed by atoms with Crippen molar-refractivity contribution >= 4 is 17.8 Å². The number of carbonyl (C=O) groups is 3. The Kier molecular flexibility index (Phi) is 4.79. The number of urea groups is 1. The van der Waals surface area contributed by atoms with Crippen LogP contribution in [-0.2, 0) is 9.59 Å². The monoisotopic (exact) mass is 343 g/mol. The molecule has 1 saturated heterocycles. The molecule has 6 nitrogen and oxygen atoms in total. The second-order valence-corrected chi connectivity index (χ2v) is 7.03. The predicted molar refractivity (Wildman–Crippen MR) is 93.7 cm³/mol. The van der Waals surface area contributed by atoms with Gasteiger partial charge in [-0.25, -0.2) is 4.79 Å². The van der Waals surface area contributed by atoms with E-state index in [2.05, 4.69) is 5.32 Å². The fraction of sp³-hybridized carbons (Fsp3) is 0.526. The predicted octanol–water partition coefficient (Wildman–Crippen LogP) is 2.46. The highest BCUT2D eigenvalue weighted by atomic mass is 16.2. The zero-order chi connectivity index (χ0) is 18.0. The summed E-state index contributed by atoms with van der Waals surface area (Å²) in [7, 11) is 1.68. The zero-order valence-electron chi connectivity index (χ0n) is 14.8. The summed E-state index contributed by atoms with van der Waals surface area (Å²) in [6.07, 6.45) is 4.34. The van der Waals surface area contributed by atoms with Crippen molar-refractivity contribution in [3.05, 3.63) is 35.9 Å². The second kappa shape index (κ2) is 6.86. The molecule has 1 aromatic carbocycles. The van der Waals surface area contributed by atoms with Gasteiger partial charge in [0.2, 0.25) is 5.91 Å². The van der Waals surface area contributed by atoms with E-state index in [-0.39, 0.29) is 30.4 Å². The maximum absolute atomic E-state index is 12.9. The number of hydrogen-bond acceptors (Lipinski definition) is 3. The maximum Gasteiger partial charge on any atom is 0.327 e. The Hall–Kier alpha value is -2.37. The van der Waals surface area contributed by atoms with E-state index in [0.717, 1.165) is 29.7 Å². The number of imide groups is 1. The summed E-state index contributed by atoms with van der Waals surface area (Å²) in [5.41, 5.74) is 0.247. The smallest absolute Gasteiger partial charge is 0.327 e. The number of hydrogen-bond donors (Lipinski definition) is 1. The fourth-order valence-electron chi connectivity index (χ4n) is 3.93. The lowest BCUT2D eigenvalue weighted by Crippen LogP contribution is -2.49. The van der Waals surface area contributed by atoms with Crippen molar-refractivity contribution in [1.82, 2.24) is 15.1 Å². The Morgan fingerprint density at radius 2 is 1.80 bits per heavy atom. The molecule has 4 amide bonds. The van der Waals surface area contributed by atoms with Gasteiger partial charge in [0.15, 0.2) is 0 Å². The van der Waals surface area contributed by atoms with Gasteiger partial charge in [0.25, 0.3) is 5.91 Å². The molecule has 3 rings (SSSR count). The van der Waals surface area contributed by atoms with Crippen molar-refractivity contribution in [3.8, 4) is 0 Å². The molecule has 2 aliphatic rings. The van der Waals surface area contributed by atoms with Crippen LogP contribution in [0.1, 0.15) is 50.6 Å². The third kappa shape index (κ3) is 3.13. The first-order valence-corrected chi connectivity index (χ1v) is 8.90. The molecule has 1 aliphatic heterocycles. The number of benzene rings is 1. The standard InChI is InChI=1S/C19H25N3O3/c1-14(15-9-5-3-6-10-15)20-16(23)13-22-17(24)19(21(2)18(22)25)11-7-4-8-12-19/h3,5-6,9-10,14H,4,7-8,11-13H2,1-2H3,(H,20,23)/t14-/m1/s1. The SMILES string of the molecule is C[C@@H](NC(=O)CN1C(=O)N(C)C2(CCCCC2)C1=O)c1ccccc1. The van der Waals surface area contributed by atoms with Crippen LogP contribution >= 0.6 is 0 Å². The molecule has 1 saturated carbocycles. The first kappa shape index (κ1) is 17.5. The second-order valence-electron chi connectivity index (χ2n) is 7.03. The molecule has 1 spiro atoms. The molecule has 1 aromatic rings. The average Bonchev–Trinajstić information content (AvgIpc) is 2.79. The molecule has 25 heavy (non-hydrogen) atoms. The number of likely N-dealkylation sites (N-methyl/N-ethyl adjacent to an activating group) is 1. The van der Waals surface area contributed by atoms with E-state index < -0.39 is 5.54 Å². The van der Waals surface area contributed by atoms with Crippen LogP contribution in [0.25, 0.3) is 0 Å². The molecule has 1 heterocycles. The quantitative estimate of drug-likeness (QED) is 0.854. The summed E-state index contributed by atoms with van der Waals surface area (Å²) in [5, 5.41) is 2.87. The van der Waals surface area contributed by atoms with Crippen molar-refractivity contribution < 1.29 is 14.4 Å². The first-order valence-electron chi connectivity index (χ1n) is 8.90. The molecule has 2 fully saturated rings. The van der Waals surface area contributed by atoms with Crippen LogP contribution in [0.3, 0.4) is 0 Å². The van der Waals surface area contributed by atoms with Gasteiger partial charge in [-0.15, -0.1) is 0 Å². The lowest BCUT2D eigenvalue weighted by atomic mass is 9.81. The number of nitrogens with one attached hydrogen (secondary N) is 1. The average molecular weight is 343 g/mol. The van der Waals surface area contributed by atoms with Gasteiger partial charge in [-0.1, -0.05) is 49.6 Å². The Balaban J connectivity index is 1.67. The molecule has 1 atom stereocenters. The minimum atomic E-state index is -0.735. The van der Waals surface area contributed by atoms with E-state index in [1.807, 2.05) is 37.3 Å². The number of carbonyl (C=O) groups excluding carboxylic acids is 3. The molecule has 0 bridgehead atoms. The Morgan fingerprint density at radius 1 is 1.16 bits per heavy atom. The number of nitrogens with zero attached hydrogens (tertiary/aromatic N) is 2. The van der Waals surface area contributed by atoms with E-state index in [9.17, 15) is 14.4 Å². The third-order valence-electron chi connectivity index (χ3n) is 5.46. The summed E-state index contributed by atoms with van der Waals surface area (Å²) in [4.78, 5) is 40.4. The Labute approximate surface area is 148 Å². The van der Waals surface area contributed by atoms with Gasteiger partial charge in [-0.2, -0.15) is 0 Å². The van der Waals surface area contributed by atoms with Gasteiger partial charge in [0, 0.05) is 7.05 Å². The van der Waals surface area contributed by atoms with E-state index in [0.29, 0.717) is 12.8 Å². The normalized spacial score (nSPS) is 20.9. The summed E-state index contributed by atoms with van der Waals surface area (Å²) in [6.45, 7) is 1.66. The van der Waals surface area contributed by atoms with Crippen molar-refractivity contribution in [1.29, 1.82) is 0 Å². The van der Waals surface area contributed by atoms with Crippen LogP contribution in [0.15, 0.2) is 30.3 Å². The summed E-state index contributed by atoms with van der Waals surface area (Å²) >= 11 is 0. The van der Waals surface area contributed by atoms with Gasteiger partial charge in [0.05, 0.1) is 6.04 Å². The van der Waals surface area contributed by atoms with E-state index in [1.165, 1.54) is 0 Å². The van der Waals surface area contributed by atoms with Gasteiger partial charge in [-0.3, -0.25) is 14.5 Å². The summed E-state index contributed by atoms with van der Waals surface area (Å²) in [5.74, 6) is -0.540. The Morgan fingerprint density at radius 3 is 2.44 bits per heavy atom. The summed E-state index contributed by atoms with van der Waals surface area (Å²) < 4.78 is 0. The van der Waals surface area contributed by atoms with E-state index >= 15 is 0 Å². The maximum atomic E-state index is 12.9. The van der Waals surface area contributed by atoms with Gasteiger partial charge in [-0.05, 0) is 25.3 Å². The lowest BCUT2D eigenvalue weighted by Gasteiger charge is -2.35. The highest BCUT2D eigenvalue weighted by Gasteiger charge is 2.55. The molecule has 0 aromatic heterocycles. The zero-order valence-corrected chi connectivity index (χ0v) is 14.8. The number of rotatable bonds is 4. The third-order valence-corrected chi connectivity index (χ3v) is 5.46. The van der Waals surface area contributed by atoms with Crippen LogP contribution in [0, 0.1) is 0 Å². The van der Waals surface area contributed by atoms with Gasteiger partial charge >= 0.3 is 6.03 Å². The highest BCUT2D eigenvalue weighted by molar-refractivity contribution is 6.08. The summed E-state index contributed by atoms with van der Waals surface area (Å²) in [6, 6.07) is 9.06. The molecular formula is C19H25N3O3. The molecule has 0 radical (unpaired) electrons. The minimum Gasteiger partial charge on any atom is -0.348 e. The molecular weight excluding hydrogens is 318 g/mol. The van der Waals surface area contributed by atoms with Crippen LogP contribution in [-0.4, -0.2) is 46.8 Å². The largest absolute Gasteiger partial charge is 0.348 e. The number of amides is 4. The molecule has 134 valence electrons. The lowest BCUT2D eigenvalue weighted by molar-refractivity contribution is -0.137. The van der Waals surface area contributed by atoms with Crippen LogP contribution in [0.5, 0.6) is 0 Å². The minimum absolute atomic E-state index is 0.178. The van der Waals surface area contributed by atoms with Crippen molar-refractivity contribution in [3.63, 3.8) is 0 Å². The molecule has 1 aliphatic carbocycles. The van der Waals surface area contributed by atoms with Crippen LogP contribution < -0.4 is 5.32 Å². The van der Waals surface area contributed by atoms with Crippen LogP contribution in [0.2, 0.25) is 0 Å². The van der Waals surface area contributed by atoms with Gasteiger partial charge < -0.3 is 10.2 Å².